The van der Waals surface area contributed by atoms with E-state index in [-0.39, 0.29) is 11.3 Å². The largest absolute Gasteiger partial charge is 0.322 e. The maximum atomic E-state index is 13.9. The van der Waals surface area contributed by atoms with E-state index >= 15 is 0 Å². The molecule has 1 amide bonds. The maximum Gasteiger partial charge on any atom is 0.255 e. The zero-order valence-corrected chi connectivity index (χ0v) is 14.7. The highest BCUT2D eigenvalue weighted by atomic mass is 32.2. The van der Waals surface area contributed by atoms with Crippen LogP contribution in [0.15, 0.2) is 41.3 Å². The summed E-state index contributed by atoms with van der Waals surface area (Å²) in [7, 11) is -4.10. The molecule has 2 aromatic carbocycles. The van der Waals surface area contributed by atoms with Gasteiger partial charge >= 0.3 is 0 Å². The van der Waals surface area contributed by atoms with Crippen LogP contribution in [0.2, 0.25) is 0 Å². The molecule has 0 unspecified atom stereocenters. The van der Waals surface area contributed by atoms with Gasteiger partial charge in [-0.2, -0.15) is 0 Å². The Hall–Kier alpha value is -2.32. The lowest BCUT2D eigenvalue weighted by molar-refractivity contribution is 0.102. The Kier molecular flexibility index (Phi) is 5.54. The standard InChI is InChI=1S/C17H18F2N2O3S/c1-10(2)21-25(23,24)16-8-12(5-7-14(16)18)17(22)20-13-6-4-11(3)15(19)9-13/h4-10,21H,1-3H3,(H,20,22). The molecule has 0 aliphatic heterocycles. The second-order valence-corrected chi connectivity index (χ2v) is 7.52. The first-order valence-electron chi connectivity index (χ1n) is 7.49. The van der Waals surface area contributed by atoms with Crippen molar-refractivity contribution in [1.29, 1.82) is 0 Å². The minimum atomic E-state index is -4.10. The summed E-state index contributed by atoms with van der Waals surface area (Å²) in [5, 5.41) is 2.45. The molecule has 0 radical (unpaired) electrons. The van der Waals surface area contributed by atoms with Crippen molar-refractivity contribution in [2.75, 3.05) is 5.32 Å². The van der Waals surface area contributed by atoms with E-state index in [9.17, 15) is 22.0 Å². The van der Waals surface area contributed by atoms with E-state index in [1.54, 1.807) is 20.8 Å². The van der Waals surface area contributed by atoms with Crippen LogP contribution in [-0.4, -0.2) is 20.4 Å². The summed E-state index contributed by atoms with van der Waals surface area (Å²) in [6.45, 7) is 4.77. The average Bonchev–Trinajstić information content (AvgIpc) is 2.50. The minimum absolute atomic E-state index is 0.0634. The lowest BCUT2D eigenvalue weighted by Gasteiger charge is -2.12. The van der Waals surface area contributed by atoms with Crippen molar-refractivity contribution < 1.29 is 22.0 Å². The molecule has 25 heavy (non-hydrogen) atoms. The highest BCUT2D eigenvalue weighted by Crippen LogP contribution is 2.19. The minimum Gasteiger partial charge on any atom is -0.322 e. The van der Waals surface area contributed by atoms with E-state index in [4.69, 9.17) is 0 Å². The molecule has 0 heterocycles. The van der Waals surface area contributed by atoms with Gasteiger partial charge in [0, 0.05) is 17.3 Å². The third kappa shape index (κ3) is 4.61. The van der Waals surface area contributed by atoms with Gasteiger partial charge in [-0.05, 0) is 56.7 Å². The van der Waals surface area contributed by atoms with E-state index in [1.807, 2.05) is 0 Å². The summed E-state index contributed by atoms with van der Waals surface area (Å²) in [5.41, 5.74) is 0.571. The van der Waals surface area contributed by atoms with Crippen LogP contribution in [0.25, 0.3) is 0 Å². The zero-order chi connectivity index (χ0) is 18.8. The molecule has 0 saturated heterocycles. The van der Waals surface area contributed by atoms with Crippen LogP contribution >= 0.6 is 0 Å². The van der Waals surface area contributed by atoms with Crippen molar-refractivity contribution in [3.63, 3.8) is 0 Å². The monoisotopic (exact) mass is 368 g/mol. The smallest absolute Gasteiger partial charge is 0.255 e. The highest BCUT2D eigenvalue weighted by molar-refractivity contribution is 7.89. The average molecular weight is 368 g/mol. The van der Waals surface area contributed by atoms with Crippen molar-refractivity contribution in [2.45, 2.75) is 31.7 Å². The number of nitrogens with one attached hydrogen (secondary N) is 2. The number of rotatable bonds is 5. The van der Waals surface area contributed by atoms with Gasteiger partial charge in [0.15, 0.2) is 0 Å². The molecule has 0 saturated carbocycles. The topological polar surface area (TPSA) is 75.3 Å². The summed E-state index contributed by atoms with van der Waals surface area (Å²) in [4.78, 5) is 11.6. The van der Waals surface area contributed by atoms with Gasteiger partial charge in [0.25, 0.3) is 5.91 Å². The molecular formula is C17H18F2N2O3S. The Morgan fingerprint density at radius 3 is 2.32 bits per heavy atom. The maximum absolute atomic E-state index is 13.9. The molecule has 2 aromatic rings. The Bertz CT molecular complexity index is 912. The quantitative estimate of drug-likeness (QED) is 0.851. The molecule has 2 N–H and O–H groups in total. The molecular weight excluding hydrogens is 350 g/mol. The van der Waals surface area contributed by atoms with E-state index in [0.717, 1.165) is 24.3 Å². The van der Waals surface area contributed by atoms with E-state index in [0.29, 0.717) is 5.56 Å². The zero-order valence-electron chi connectivity index (χ0n) is 13.9. The van der Waals surface area contributed by atoms with Crippen LogP contribution < -0.4 is 10.0 Å². The van der Waals surface area contributed by atoms with Crippen molar-refractivity contribution in [1.82, 2.24) is 4.72 Å². The molecule has 0 atom stereocenters. The predicted octanol–water partition coefficient (Wildman–Crippen LogP) is 3.21. The first kappa shape index (κ1) is 19.0. The van der Waals surface area contributed by atoms with Crippen molar-refractivity contribution in [2.24, 2.45) is 0 Å². The van der Waals surface area contributed by atoms with E-state index < -0.39 is 38.5 Å². The fraction of sp³-hybridized carbons (Fsp3) is 0.235. The second kappa shape index (κ2) is 7.28. The van der Waals surface area contributed by atoms with Gasteiger partial charge in [0.2, 0.25) is 10.0 Å². The number of halogens is 2. The number of carbonyl (C=O) groups excluding carboxylic acids is 1. The van der Waals surface area contributed by atoms with Gasteiger partial charge < -0.3 is 5.32 Å². The first-order chi connectivity index (χ1) is 11.6. The Morgan fingerprint density at radius 2 is 1.72 bits per heavy atom. The summed E-state index contributed by atoms with van der Waals surface area (Å²) in [6.07, 6.45) is 0. The van der Waals surface area contributed by atoms with Crippen LogP contribution in [-0.2, 0) is 10.0 Å². The molecule has 0 aliphatic carbocycles. The number of amides is 1. The van der Waals surface area contributed by atoms with Crippen LogP contribution in [0.1, 0.15) is 29.8 Å². The first-order valence-corrected chi connectivity index (χ1v) is 8.98. The fourth-order valence-corrected chi connectivity index (χ4v) is 3.45. The molecule has 0 aliphatic rings. The van der Waals surface area contributed by atoms with E-state index in [1.165, 1.54) is 12.1 Å². The van der Waals surface area contributed by atoms with Gasteiger partial charge in [0.05, 0.1) is 0 Å². The molecule has 8 heteroatoms. The number of aryl methyl sites for hydroxylation is 1. The molecule has 0 spiro atoms. The summed E-state index contributed by atoms with van der Waals surface area (Å²) < 4.78 is 54.0. The summed E-state index contributed by atoms with van der Waals surface area (Å²) in [6, 6.07) is 6.73. The van der Waals surface area contributed by atoms with Gasteiger partial charge in [-0.3, -0.25) is 4.79 Å². The van der Waals surface area contributed by atoms with Gasteiger partial charge in [-0.25, -0.2) is 21.9 Å². The van der Waals surface area contributed by atoms with Crippen molar-refractivity contribution in [3.8, 4) is 0 Å². The third-order valence-electron chi connectivity index (χ3n) is 3.30. The number of sulfonamides is 1. The lowest BCUT2D eigenvalue weighted by atomic mass is 10.2. The number of carbonyl (C=O) groups is 1. The van der Waals surface area contributed by atoms with Gasteiger partial charge in [0.1, 0.15) is 16.5 Å². The number of anilines is 1. The molecule has 5 nitrogen and oxygen atoms in total. The highest BCUT2D eigenvalue weighted by Gasteiger charge is 2.22. The number of hydrogen-bond donors (Lipinski definition) is 2. The second-order valence-electron chi connectivity index (χ2n) is 5.84. The SMILES string of the molecule is Cc1ccc(NC(=O)c2ccc(F)c(S(=O)(=O)NC(C)C)c2)cc1F. The number of benzene rings is 2. The Balaban J connectivity index is 2.32. The Labute approximate surface area is 145 Å². The van der Waals surface area contributed by atoms with Crippen LogP contribution in [0, 0.1) is 18.6 Å². The lowest BCUT2D eigenvalue weighted by Crippen LogP contribution is -2.31. The molecule has 0 bridgehead atoms. The molecule has 134 valence electrons. The van der Waals surface area contributed by atoms with E-state index in [2.05, 4.69) is 10.0 Å². The van der Waals surface area contributed by atoms with Crippen LogP contribution in [0.3, 0.4) is 0 Å². The van der Waals surface area contributed by atoms with Crippen molar-refractivity contribution >= 4 is 21.6 Å². The van der Waals surface area contributed by atoms with Crippen molar-refractivity contribution in [3.05, 3.63) is 59.2 Å². The molecule has 0 fully saturated rings. The number of hydrogen-bond acceptors (Lipinski definition) is 3. The van der Waals surface area contributed by atoms with Crippen LogP contribution in [0.4, 0.5) is 14.5 Å². The predicted molar refractivity (Wildman–Crippen MR) is 90.9 cm³/mol. The fourth-order valence-electron chi connectivity index (χ4n) is 2.10. The summed E-state index contributed by atoms with van der Waals surface area (Å²) in [5.74, 6) is -2.13. The summed E-state index contributed by atoms with van der Waals surface area (Å²) >= 11 is 0. The van der Waals surface area contributed by atoms with Gasteiger partial charge in [-0.15, -0.1) is 0 Å². The van der Waals surface area contributed by atoms with Crippen LogP contribution in [0.5, 0.6) is 0 Å². The Morgan fingerprint density at radius 1 is 1.04 bits per heavy atom. The normalized spacial score (nSPS) is 11.6. The molecule has 0 aromatic heterocycles. The third-order valence-corrected chi connectivity index (χ3v) is 4.98. The van der Waals surface area contributed by atoms with Gasteiger partial charge in [-0.1, -0.05) is 6.07 Å². The molecule has 2 rings (SSSR count).